The molecule has 0 aromatic heterocycles. The number of hydrogen-bond donors (Lipinski definition) is 0. The second-order valence-corrected chi connectivity index (χ2v) is 1.12. The molecule has 7 heteroatoms. The third-order valence-electron chi connectivity index (χ3n) is 0. The smallest absolute Gasteiger partial charge is 0.550 e. The molecule has 0 aromatic carbocycles. The SMILES string of the molecule is C=[N+]=[N-].CC(=O)[O-].CC(=O)[O-].[Pd+2]. The van der Waals surface area contributed by atoms with Gasteiger partial charge in [-0.25, -0.2) is 0 Å². The molecule has 0 spiro atoms. The topological polar surface area (TPSA) is 117 Å². The number of carbonyl (C=O) groups excluding carboxylic acids is 2. The van der Waals surface area contributed by atoms with Gasteiger partial charge in [0.1, 0.15) is 0 Å². The Bertz CT molecular complexity index is 134. The van der Waals surface area contributed by atoms with Crippen molar-refractivity contribution in [2.24, 2.45) is 0 Å². The van der Waals surface area contributed by atoms with Gasteiger partial charge >= 0.3 is 20.4 Å². The van der Waals surface area contributed by atoms with Crippen LogP contribution in [0.5, 0.6) is 0 Å². The van der Waals surface area contributed by atoms with Crippen LogP contribution in [0.1, 0.15) is 13.8 Å². The van der Waals surface area contributed by atoms with E-state index >= 15 is 0 Å². The average Bonchev–Trinajstić information content (AvgIpc) is 1.60. The molecule has 0 atom stereocenters. The Hall–Kier alpha value is -1.02. The van der Waals surface area contributed by atoms with Crippen LogP contribution >= 0.6 is 0 Å². The normalized spacial score (nSPS) is 4.83. The second-order valence-electron chi connectivity index (χ2n) is 1.12. The van der Waals surface area contributed by atoms with E-state index in [9.17, 15) is 0 Å². The average molecular weight is 267 g/mol. The van der Waals surface area contributed by atoms with E-state index in [1.807, 2.05) is 0 Å². The van der Waals surface area contributed by atoms with Crippen LogP contribution in [-0.2, 0) is 30.0 Å². The van der Waals surface area contributed by atoms with E-state index in [1.165, 1.54) is 0 Å². The van der Waals surface area contributed by atoms with Crippen molar-refractivity contribution in [1.29, 1.82) is 0 Å². The molecule has 0 rings (SSSR count). The molecule has 0 heterocycles. The van der Waals surface area contributed by atoms with E-state index in [1.54, 1.807) is 0 Å². The van der Waals surface area contributed by atoms with Crippen molar-refractivity contribution in [3.05, 3.63) is 5.53 Å². The summed E-state index contributed by atoms with van der Waals surface area (Å²) in [5.74, 6) is -2.17. The van der Waals surface area contributed by atoms with Gasteiger partial charge in [0.2, 0.25) is 6.72 Å². The maximum atomic E-state index is 8.89. The molecule has 0 saturated carbocycles. The molecule has 0 fully saturated rings. The quantitative estimate of drug-likeness (QED) is 0.207. The number of aliphatic carboxylic acids is 2. The first kappa shape index (κ1) is 22.4. The van der Waals surface area contributed by atoms with Gasteiger partial charge in [-0.1, -0.05) is 0 Å². The number of rotatable bonds is 0. The molecular formula is C5H8N2O4Pd. The molecule has 0 amide bonds. The first-order chi connectivity index (χ1) is 4.88. The van der Waals surface area contributed by atoms with Crippen LogP contribution in [0.3, 0.4) is 0 Å². The monoisotopic (exact) mass is 266 g/mol. The Kier molecular flexibility index (Phi) is 42.1. The number of nitrogens with zero attached hydrogens (tertiary/aromatic N) is 2. The number of carboxylic acid groups (broad SMARTS) is 2. The Morgan fingerprint density at radius 1 is 1.25 bits per heavy atom. The van der Waals surface area contributed by atoms with E-state index in [0.29, 0.717) is 0 Å². The minimum atomic E-state index is -1.08. The third-order valence-corrected chi connectivity index (χ3v) is 0. The van der Waals surface area contributed by atoms with Crippen molar-refractivity contribution < 1.29 is 45.0 Å². The van der Waals surface area contributed by atoms with Gasteiger partial charge in [0.15, 0.2) is 0 Å². The number of hydrogen-bond acceptors (Lipinski definition) is 4. The summed E-state index contributed by atoms with van der Waals surface area (Å²) in [6, 6.07) is 0. The zero-order valence-corrected chi connectivity index (χ0v) is 8.11. The van der Waals surface area contributed by atoms with Gasteiger partial charge in [-0.2, -0.15) is 4.79 Å². The molecule has 0 radical (unpaired) electrons. The molecule has 0 unspecified atom stereocenters. The van der Waals surface area contributed by atoms with Crippen LogP contribution in [0.25, 0.3) is 5.53 Å². The van der Waals surface area contributed by atoms with E-state index in [0.717, 1.165) is 13.8 Å². The largest absolute Gasteiger partial charge is 2.00 e. The maximum Gasteiger partial charge on any atom is 2.00 e. The fourth-order valence-electron chi connectivity index (χ4n) is 0. The molecule has 0 aliphatic carbocycles. The van der Waals surface area contributed by atoms with Gasteiger partial charge in [-0.3, -0.25) is 0 Å². The van der Waals surface area contributed by atoms with Crippen molar-refractivity contribution in [3.8, 4) is 0 Å². The van der Waals surface area contributed by atoms with Gasteiger partial charge < -0.3 is 25.3 Å². The number of carboxylic acids is 2. The first-order valence-electron chi connectivity index (χ1n) is 2.33. The minimum absolute atomic E-state index is 0. The Morgan fingerprint density at radius 2 is 1.25 bits per heavy atom. The van der Waals surface area contributed by atoms with Crippen molar-refractivity contribution in [2.45, 2.75) is 13.8 Å². The van der Waals surface area contributed by atoms with Crippen LogP contribution in [0, 0.1) is 0 Å². The van der Waals surface area contributed by atoms with E-state index < -0.39 is 11.9 Å². The summed E-state index contributed by atoms with van der Waals surface area (Å²) < 4.78 is 0. The summed E-state index contributed by atoms with van der Waals surface area (Å²) >= 11 is 0. The Morgan fingerprint density at radius 3 is 1.25 bits per heavy atom. The van der Waals surface area contributed by atoms with Crippen molar-refractivity contribution in [3.63, 3.8) is 0 Å². The molecule has 12 heavy (non-hydrogen) atoms. The number of carbonyl (C=O) groups is 2. The van der Waals surface area contributed by atoms with Gasteiger partial charge in [0.25, 0.3) is 0 Å². The fraction of sp³-hybridized carbons (Fsp3) is 0.400. The molecule has 0 aliphatic rings. The first-order valence-corrected chi connectivity index (χ1v) is 2.33. The molecule has 6 nitrogen and oxygen atoms in total. The molecule has 0 aliphatic heterocycles. The van der Waals surface area contributed by atoms with Gasteiger partial charge in [0.05, 0.1) is 0 Å². The predicted molar refractivity (Wildman–Crippen MR) is 32.1 cm³/mol. The van der Waals surface area contributed by atoms with Crippen LogP contribution < -0.4 is 10.2 Å². The van der Waals surface area contributed by atoms with Gasteiger partial charge in [0, 0.05) is 11.9 Å². The standard InChI is InChI=1S/2C2H4O2.CH2N2.Pd/c2*1-2(3)4;1-3-2;/h2*1H3,(H,3,4);1H2;/q;;;+2/p-2. The molecule has 0 bridgehead atoms. The summed E-state index contributed by atoms with van der Waals surface area (Å²) in [7, 11) is 0. The predicted octanol–water partition coefficient (Wildman–Crippen LogP) is -2.57. The van der Waals surface area contributed by atoms with Crippen molar-refractivity contribution >= 4 is 18.7 Å². The zero-order valence-electron chi connectivity index (χ0n) is 6.55. The Balaban J connectivity index is -0.0000000389. The van der Waals surface area contributed by atoms with Gasteiger partial charge in [-0.15, -0.1) is 0 Å². The molecule has 0 aromatic rings. The fourth-order valence-corrected chi connectivity index (χ4v) is 0. The van der Waals surface area contributed by atoms with Crippen LogP contribution in [0.15, 0.2) is 0 Å². The minimum Gasteiger partial charge on any atom is -0.550 e. The van der Waals surface area contributed by atoms with E-state index in [-0.39, 0.29) is 20.4 Å². The van der Waals surface area contributed by atoms with Crippen LogP contribution in [0.2, 0.25) is 0 Å². The summed E-state index contributed by atoms with van der Waals surface area (Å²) in [6.45, 7) is 4.61. The third kappa shape index (κ3) is 553. The molecule has 0 N–H and O–H groups in total. The van der Waals surface area contributed by atoms with Crippen LogP contribution in [0.4, 0.5) is 0 Å². The summed E-state index contributed by atoms with van der Waals surface area (Å²) in [5.41, 5.74) is 7.08. The van der Waals surface area contributed by atoms with Gasteiger partial charge in [-0.05, 0) is 13.8 Å². The zero-order chi connectivity index (χ0) is 9.86. The second kappa shape index (κ2) is 22.5. The molecular weight excluding hydrogens is 258 g/mol. The van der Waals surface area contributed by atoms with Crippen molar-refractivity contribution in [2.75, 3.05) is 0 Å². The Labute approximate surface area is 83.5 Å². The van der Waals surface area contributed by atoms with E-state index in [4.69, 9.17) is 25.3 Å². The molecule has 72 valence electrons. The molecule has 0 saturated heterocycles. The summed E-state index contributed by atoms with van der Waals surface area (Å²) in [5, 5.41) is 17.8. The summed E-state index contributed by atoms with van der Waals surface area (Å²) in [4.78, 5) is 20.0. The maximum absolute atomic E-state index is 8.89. The summed E-state index contributed by atoms with van der Waals surface area (Å²) in [6.07, 6.45) is 0. The van der Waals surface area contributed by atoms with Crippen molar-refractivity contribution in [1.82, 2.24) is 0 Å². The van der Waals surface area contributed by atoms with E-state index in [2.05, 4.69) is 11.5 Å². The van der Waals surface area contributed by atoms with Crippen LogP contribution in [-0.4, -0.2) is 23.4 Å².